The van der Waals surface area contributed by atoms with Crippen LogP contribution in [0.3, 0.4) is 0 Å². The first-order valence-electron chi connectivity index (χ1n) is 5.32. The molecule has 1 N–H and O–H groups in total. The van der Waals surface area contributed by atoms with E-state index in [1.807, 2.05) is 17.5 Å². The van der Waals surface area contributed by atoms with Gasteiger partial charge < -0.3 is 9.73 Å². The van der Waals surface area contributed by atoms with E-state index < -0.39 is 0 Å². The highest BCUT2D eigenvalue weighted by molar-refractivity contribution is 7.10. The summed E-state index contributed by atoms with van der Waals surface area (Å²) < 4.78 is 5.20. The quantitative estimate of drug-likeness (QED) is 0.870. The molecule has 2 aromatic heterocycles. The van der Waals surface area contributed by atoms with Crippen molar-refractivity contribution in [1.82, 2.24) is 15.5 Å². The minimum absolute atomic E-state index is 0.0173. The molecule has 0 saturated heterocycles. The minimum atomic E-state index is 0.0173. The van der Waals surface area contributed by atoms with Crippen molar-refractivity contribution >= 4 is 17.2 Å². The molecule has 0 aliphatic rings. The zero-order chi connectivity index (χ0) is 12.1. The van der Waals surface area contributed by atoms with E-state index in [-0.39, 0.29) is 5.91 Å². The van der Waals surface area contributed by atoms with Crippen LogP contribution in [0.5, 0.6) is 0 Å². The zero-order valence-electron chi connectivity index (χ0n) is 9.47. The van der Waals surface area contributed by atoms with Crippen LogP contribution in [0.25, 0.3) is 0 Å². The molecule has 6 heteroatoms. The fourth-order valence-corrected chi connectivity index (χ4v) is 2.08. The van der Waals surface area contributed by atoms with Crippen LogP contribution in [0.1, 0.15) is 16.7 Å². The van der Waals surface area contributed by atoms with Gasteiger partial charge in [-0.15, -0.1) is 21.5 Å². The first-order chi connectivity index (χ1) is 8.24. The Kier molecular flexibility index (Phi) is 3.87. The topological polar surface area (TPSA) is 68.0 Å². The maximum absolute atomic E-state index is 11.5. The number of carbonyl (C=O) groups is 1. The second-order valence-electron chi connectivity index (χ2n) is 3.57. The summed E-state index contributed by atoms with van der Waals surface area (Å²) in [6, 6.07) is 3.89. The summed E-state index contributed by atoms with van der Waals surface area (Å²) >= 11 is 1.58. The van der Waals surface area contributed by atoms with Crippen LogP contribution < -0.4 is 5.32 Å². The van der Waals surface area contributed by atoms with Gasteiger partial charge in [0.2, 0.25) is 17.7 Å². The van der Waals surface area contributed by atoms with Crippen LogP contribution in [0.4, 0.5) is 0 Å². The predicted molar refractivity (Wildman–Crippen MR) is 63.8 cm³/mol. The van der Waals surface area contributed by atoms with E-state index in [2.05, 4.69) is 15.5 Å². The molecule has 0 unspecified atom stereocenters. The maximum atomic E-state index is 11.5. The minimum Gasteiger partial charge on any atom is -0.426 e. The molecule has 0 atom stereocenters. The average Bonchev–Trinajstić information content (AvgIpc) is 2.90. The van der Waals surface area contributed by atoms with Crippen LogP contribution in [-0.2, 0) is 17.6 Å². The van der Waals surface area contributed by atoms with Crippen LogP contribution in [-0.4, -0.2) is 22.6 Å². The molecule has 0 aliphatic carbocycles. The molecule has 17 heavy (non-hydrogen) atoms. The van der Waals surface area contributed by atoms with Gasteiger partial charge in [0.15, 0.2) is 0 Å². The molecule has 1 amide bonds. The van der Waals surface area contributed by atoms with Crippen LogP contribution >= 0.6 is 11.3 Å². The molecule has 0 aliphatic heterocycles. The fourth-order valence-electron chi connectivity index (χ4n) is 1.38. The SMILES string of the molecule is Cc1nnc(CCNC(=O)Cc2cccs2)o1. The average molecular weight is 251 g/mol. The number of carbonyl (C=O) groups excluding carboxylic acids is 1. The Hall–Kier alpha value is -1.69. The standard InChI is InChI=1S/C11H13N3O2S/c1-8-13-14-11(16-8)4-5-12-10(15)7-9-3-2-6-17-9/h2-3,6H,4-5,7H2,1H3,(H,12,15). The van der Waals surface area contributed by atoms with Crippen LogP contribution in [0.2, 0.25) is 0 Å². The number of hydrogen-bond acceptors (Lipinski definition) is 5. The van der Waals surface area contributed by atoms with Crippen LogP contribution in [0.15, 0.2) is 21.9 Å². The lowest BCUT2D eigenvalue weighted by atomic mass is 10.3. The van der Waals surface area contributed by atoms with Crippen molar-refractivity contribution in [3.05, 3.63) is 34.2 Å². The third kappa shape index (κ3) is 3.67. The molecule has 0 aromatic carbocycles. The lowest BCUT2D eigenvalue weighted by Crippen LogP contribution is -2.27. The van der Waals surface area contributed by atoms with Gasteiger partial charge in [-0.05, 0) is 11.4 Å². The Morgan fingerprint density at radius 2 is 2.41 bits per heavy atom. The second kappa shape index (κ2) is 5.58. The van der Waals surface area contributed by atoms with Gasteiger partial charge in [0.25, 0.3) is 0 Å². The summed E-state index contributed by atoms with van der Waals surface area (Å²) in [5, 5.41) is 12.4. The van der Waals surface area contributed by atoms with E-state index in [0.29, 0.717) is 31.2 Å². The van der Waals surface area contributed by atoms with Crippen molar-refractivity contribution in [2.45, 2.75) is 19.8 Å². The summed E-state index contributed by atoms with van der Waals surface area (Å²) in [7, 11) is 0. The van der Waals surface area contributed by atoms with E-state index in [1.54, 1.807) is 18.3 Å². The summed E-state index contributed by atoms with van der Waals surface area (Å²) in [4.78, 5) is 12.6. The molecular formula is C11H13N3O2S. The van der Waals surface area contributed by atoms with E-state index in [1.165, 1.54) is 0 Å². The number of nitrogens with one attached hydrogen (secondary N) is 1. The third-order valence-electron chi connectivity index (χ3n) is 2.14. The molecule has 5 nitrogen and oxygen atoms in total. The Morgan fingerprint density at radius 1 is 1.53 bits per heavy atom. The Bertz CT molecular complexity index is 479. The number of nitrogens with zero attached hydrogens (tertiary/aromatic N) is 2. The monoisotopic (exact) mass is 251 g/mol. The lowest BCUT2D eigenvalue weighted by Gasteiger charge is -2.01. The Labute approximate surface area is 103 Å². The van der Waals surface area contributed by atoms with Gasteiger partial charge in [0, 0.05) is 24.8 Å². The van der Waals surface area contributed by atoms with E-state index in [4.69, 9.17) is 4.42 Å². The van der Waals surface area contributed by atoms with Gasteiger partial charge in [-0.2, -0.15) is 0 Å². The zero-order valence-corrected chi connectivity index (χ0v) is 10.3. The molecule has 90 valence electrons. The van der Waals surface area contributed by atoms with E-state index in [0.717, 1.165) is 4.88 Å². The number of amides is 1. The highest BCUT2D eigenvalue weighted by Gasteiger charge is 2.05. The summed E-state index contributed by atoms with van der Waals surface area (Å²) in [6.07, 6.45) is 0.998. The normalized spacial score (nSPS) is 10.4. The molecule has 0 saturated carbocycles. The van der Waals surface area contributed by atoms with Gasteiger partial charge >= 0.3 is 0 Å². The molecular weight excluding hydrogens is 238 g/mol. The number of hydrogen-bond donors (Lipinski definition) is 1. The lowest BCUT2D eigenvalue weighted by molar-refractivity contribution is -0.120. The van der Waals surface area contributed by atoms with Gasteiger partial charge in [-0.25, -0.2) is 0 Å². The largest absolute Gasteiger partial charge is 0.426 e. The van der Waals surface area contributed by atoms with Gasteiger partial charge in [0.05, 0.1) is 6.42 Å². The Balaban J connectivity index is 1.70. The van der Waals surface area contributed by atoms with E-state index >= 15 is 0 Å². The van der Waals surface area contributed by atoms with Gasteiger partial charge in [0.1, 0.15) is 0 Å². The summed E-state index contributed by atoms with van der Waals surface area (Å²) in [6.45, 7) is 2.26. The predicted octanol–water partition coefficient (Wildman–Crippen LogP) is 1.34. The highest BCUT2D eigenvalue weighted by atomic mass is 32.1. The summed E-state index contributed by atoms with van der Waals surface area (Å²) in [5.74, 6) is 1.12. The fraction of sp³-hybridized carbons (Fsp3) is 0.364. The summed E-state index contributed by atoms with van der Waals surface area (Å²) in [5.41, 5.74) is 0. The molecule has 2 aromatic rings. The van der Waals surface area contributed by atoms with Crippen molar-refractivity contribution in [1.29, 1.82) is 0 Å². The van der Waals surface area contributed by atoms with Gasteiger partial charge in [-0.1, -0.05) is 6.07 Å². The second-order valence-corrected chi connectivity index (χ2v) is 4.60. The smallest absolute Gasteiger partial charge is 0.225 e. The highest BCUT2D eigenvalue weighted by Crippen LogP contribution is 2.08. The first-order valence-corrected chi connectivity index (χ1v) is 6.20. The number of rotatable bonds is 5. The molecule has 0 spiro atoms. The van der Waals surface area contributed by atoms with Gasteiger partial charge in [-0.3, -0.25) is 4.79 Å². The number of thiophene rings is 1. The van der Waals surface area contributed by atoms with E-state index in [9.17, 15) is 4.79 Å². The molecule has 2 rings (SSSR count). The number of aromatic nitrogens is 2. The Morgan fingerprint density at radius 3 is 3.06 bits per heavy atom. The molecule has 0 fully saturated rings. The van der Waals surface area contributed by atoms with Crippen molar-refractivity contribution in [3.63, 3.8) is 0 Å². The molecule has 0 radical (unpaired) electrons. The molecule has 2 heterocycles. The van der Waals surface area contributed by atoms with Crippen molar-refractivity contribution in [2.24, 2.45) is 0 Å². The van der Waals surface area contributed by atoms with Crippen molar-refractivity contribution in [3.8, 4) is 0 Å². The first kappa shape index (κ1) is 11.8. The van der Waals surface area contributed by atoms with Crippen molar-refractivity contribution < 1.29 is 9.21 Å². The van der Waals surface area contributed by atoms with Crippen LogP contribution in [0, 0.1) is 6.92 Å². The molecule has 0 bridgehead atoms. The number of aryl methyl sites for hydroxylation is 1. The third-order valence-corrected chi connectivity index (χ3v) is 3.02. The van der Waals surface area contributed by atoms with Crippen molar-refractivity contribution in [2.75, 3.05) is 6.54 Å². The maximum Gasteiger partial charge on any atom is 0.225 e.